The van der Waals surface area contributed by atoms with Crippen molar-refractivity contribution >= 4 is 23.2 Å². The smallest absolute Gasteiger partial charge is 0.262 e. The zero-order valence-electron chi connectivity index (χ0n) is 12.6. The number of hydrogen-bond donors (Lipinski definition) is 0. The van der Waals surface area contributed by atoms with Crippen molar-refractivity contribution in [2.75, 3.05) is 6.54 Å². The summed E-state index contributed by atoms with van der Waals surface area (Å²) in [4.78, 5) is 28.0. The lowest BCUT2D eigenvalue weighted by Gasteiger charge is -2.14. The van der Waals surface area contributed by atoms with E-state index in [2.05, 4.69) is 6.92 Å². The third-order valence-corrected chi connectivity index (χ3v) is 4.93. The van der Waals surface area contributed by atoms with Gasteiger partial charge in [0.25, 0.3) is 11.8 Å². The maximum Gasteiger partial charge on any atom is 0.262 e. The molecule has 1 aliphatic rings. The number of aryl methyl sites for hydroxylation is 2. The van der Waals surface area contributed by atoms with E-state index < -0.39 is 0 Å². The Morgan fingerprint density at radius 3 is 1.90 bits per heavy atom. The molecule has 0 aliphatic carbocycles. The standard InChI is InChI=1S/C16H23NO2S/c1-4-5-6-7-8-9-10-17-15(18)13-11(2)20-12(3)14(13)16(17)19/h4-10H2,1-3H3. The molecule has 0 bridgehead atoms. The monoisotopic (exact) mass is 293 g/mol. The number of nitrogens with zero attached hydrogens (tertiary/aromatic N) is 1. The summed E-state index contributed by atoms with van der Waals surface area (Å²) < 4.78 is 0. The second-order valence-corrected chi connectivity index (χ2v) is 6.92. The van der Waals surface area contributed by atoms with Gasteiger partial charge in [0.05, 0.1) is 11.1 Å². The molecular weight excluding hydrogens is 270 g/mol. The summed E-state index contributed by atoms with van der Waals surface area (Å²) in [5.74, 6) is -0.166. The van der Waals surface area contributed by atoms with Gasteiger partial charge in [-0.1, -0.05) is 39.0 Å². The molecule has 2 amide bonds. The first-order chi connectivity index (χ1) is 9.57. The molecule has 20 heavy (non-hydrogen) atoms. The summed E-state index contributed by atoms with van der Waals surface area (Å²) in [5, 5.41) is 0. The maximum atomic E-state index is 12.3. The maximum absolute atomic E-state index is 12.3. The van der Waals surface area contributed by atoms with Crippen LogP contribution in [0.25, 0.3) is 0 Å². The molecule has 110 valence electrons. The number of thiophene rings is 1. The van der Waals surface area contributed by atoms with Crippen molar-refractivity contribution < 1.29 is 9.59 Å². The van der Waals surface area contributed by atoms with Crippen molar-refractivity contribution in [2.45, 2.75) is 59.3 Å². The minimum atomic E-state index is -0.0830. The molecule has 0 radical (unpaired) electrons. The van der Waals surface area contributed by atoms with Crippen molar-refractivity contribution in [1.82, 2.24) is 4.90 Å². The van der Waals surface area contributed by atoms with Crippen LogP contribution < -0.4 is 0 Å². The minimum Gasteiger partial charge on any atom is -0.274 e. The quantitative estimate of drug-likeness (QED) is 0.554. The second-order valence-electron chi connectivity index (χ2n) is 5.49. The van der Waals surface area contributed by atoms with Gasteiger partial charge >= 0.3 is 0 Å². The molecular formula is C16H23NO2S. The van der Waals surface area contributed by atoms with Gasteiger partial charge in [-0.25, -0.2) is 0 Å². The Bertz CT molecular complexity index is 482. The fourth-order valence-electron chi connectivity index (χ4n) is 2.81. The Hall–Kier alpha value is -1.16. The Morgan fingerprint density at radius 2 is 1.35 bits per heavy atom. The first kappa shape index (κ1) is 15.2. The number of imide groups is 1. The van der Waals surface area contributed by atoms with E-state index in [1.54, 1.807) is 11.3 Å². The van der Waals surface area contributed by atoms with Gasteiger partial charge in [0.2, 0.25) is 0 Å². The van der Waals surface area contributed by atoms with E-state index >= 15 is 0 Å². The van der Waals surface area contributed by atoms with E-state index in [1.165, 1.54) is 30.6 Å². The molecule has 0 aromatic carbocycles. The summed E-state index contributed by atoms with van der Waals surface area (Å²) in [6.45, 7) is 6.62. The number of amides is 2. The van der Waals surface area contributed by atoms with Gasteiger partial charge in [-0.15, -0.1) is 11.3 Å². The van der Waals surface area contributed by atoms with E-state index in [-0.39, 0.29) is 11.8 Å². The molecule has 0 spiro atoms. The van der Waals surface area contributed by atoms with Gasteiger partial charge < -0.3 is 0 Å². The van der Waals surface area contributed by atoms with Crippen LogP contribution in [-0.4, -0.2) is 23.3 Å². The van der Waals surface area contributed by atoms with Crippen LogP contribution >= 0.6 is 11.3 Å². The minimum absolute atomic E-state index is 0.0830. The molecule has 4 heteroatoms. The molecule has 0 atom stereocenters. The molecule has 0 unspecified atom stereocenters. The van der Waals surface area contributed by atoms with Crippen molar-refractivity contribution in [3.05, 3.63) is 20.9 Å². The molecule has 2 heterocycles. The second kappa shape index (κ2) is 6.53. The molecule has 0 saturated carbocycles. The van der Waals surface area contributed by atoms with Crippen molar-refractivity contribution in [1.29, 1.82) is 0 Å². The van der Waals surface area contributed by atoms with Gasteiger partial charge in [0.15, 0.2) is 0 Å². The van der Waals surface area contributed by atoms with E-state index in [1.807, 2.05) is 13.8 Å². The molecule has 2 rings (SSSR count). The van der Waals surface area contributed by atoms with Crippen LogP contribution in [0.3, 0.4) is 0 Å². The zero-order chi connectivity index (χ0) is 14.7. The Labute approximate surface area is 125 Å². The van der Waals surface area contributed by atoms with Crippen LogP contribution in [0.2, 0.25) is 0 Å². The number of hydrogen-bond acceptors (Lipinski definition) is 3. The first-order valence-electron chi connectivity index (χ1n) is 7.54. The molecule has 0 saturated heterocycles. The average Bonchev–Trinajstić information content (AvgIpc) is 2.84. The molecule has 1 aromatic heterocycles. The number of unbranched alkanes of at least 4 members (excludes halogenated alkanes) is 5. The third-order valence-electron chi connectivity index (χ3n) is 3.91. The fraction of sp³-hybridized carbons (Fsp3) is 0.625. The summed E-state index contributed by atoms with van der Waals surface area (Å²) in [5.41, 5.74) is 1.31. The highest BCUT2D eigenvalue weighted by molar-refractivity contribution is 7.12. The number of carbonyl (C=O) groups excluding carboxylic acids is 2. The Kier molecular flexibility index (Phi) is 4.97. The lowest BCUT2D eigenvalue weighted by molar-refractivity contribution is 0.0651. The highest BCUT2D eigenvalue weighted by Crippen LogP contribution is 2.34. The number of rotatable bonds is 7. The number of carbonyl (C=O) groups is 2. The van der Waals surface area contributed by atoms with Gasteiger partial charge in [0.1, 0.15) is 0 Å². The van der Waals surface area contributed by atoms with Crippen molar-refractivity contribution in [2.24, 2.45) is 0 Å². The predicted molar refractivity (Wildman–Crippen MR) is 82.5 cm³/mol. The highest BCUT2D eigenvalue weighted by atomic mass is 32.1. The van der Waals surface area contributed by atoms with Gasteiger partial charge in [-0.05, 0) is 20.3 Å². The zero-order valence-corrected chi connectivity index (χ0v) is 13.4. The predicted octanol–water partition coefficient (Wildman–Crippen LogP) is 4.32. The topological polar surface area (TPSA) is 37.4 Å². The van der Waals surface area contributed by atoms with Gasteiger partial charge in [0, 0.05) is 16.3 Å². The molecule has 3 nitrogen and oxygen atoms in total. The van der Waals surface area contributed by atoms with Gasteiger partial charge in [-0.2, -0.15) is 0 Å². The van der Waals surface area contributed by atoms with Gasteiger partial charge in [-0.3, -0.25) is 14.5 Å². The normalized spacial score (nSPS) is 14.2. The number of fused-ring (bicyclic) bond motifs is 1. The molecule has 1 aromatic rings. The van der Waals surface area contributed by atoms with Crippen LogP contribution in [-0.2, 0) is 0 Å². The average molecular weight is 293 g/mol. The van der Waals surface area contributed by atoms with E-state index in [0.29, 0.717) is 17.7 Å². The Morgan fingerprint density at radius 1 is 0.850 bits per heavy atom. The van der Waals surface area contributed by atoms with Crippen LogP contribution in [0.1, 0.15) is 75.9 Å². The first-order valence-corrected chi connectivity index (χ1v) is 8.35. The van der Waals surface area contributed by atoms with Crippen molar-refractivity contribution in [3.8, 4) is 0 Å². The van der Waals surface area contributed by atoms with Crippen molar-refractivity contribution in [3.63, 3.8) is 0 Å². The summed E-state index contributed by atoms with van der Waals surface area (Å²) in [6, 6.07) is 0. The fourth-order valence-corrected chi connectivity index (χ4v) is 3.86. The third kappa shape index (κ3) is 2.80. The Balaban J connectivity index is 1.91. The van der Waals surface area contributed by atoms with E-state index in [4.69, 9.17) is 0 Å². The molecule has 0 N–H and O–H groups in total. The van der Waals surface area contributed by atoms with E-state index in [9.17, 15) is 9.59 Å². The molecule has 1 aliphatic heterocycles. The molecule has 0 fully saturated rings. The van der Waals surface area contributed by atoms with Crippen LogP contribution in [0.4, 0.5) is 0 Å². The highest BCUT2D eigenvalue weighted by Gasteiger charge is 2.39. The summed E-state index contributed by atoms with van der Waals surface area (Å²) >= 11 is 1.55. The largest absolute Gasteiger partial charge is 0.274 e. The van der Waals surface area contributed by atoms with Crippen LogP contribution in [0, 0.1) is 13.8 Å². The van der Waals surface area contributed by atoms with E-state index in [0.717, 1.165) is 22.6 Å². The summed E-state index contributed by atoms with van der Waals surface area (Å²) in [6.07, 6.45) is 6.99. The lowest BCUT2D eigenvalue weighted by atomic mass is 10.1. The van der Waals surface area contributed by atoms with Crippen LogP contribution in [0.5, 0.6) is 0 Å². The SMILES string of the molecule is CCCCCCCCN1C(=O)c2c(C)sc(C)c2C1=O. The summed E-state index contributed by atoms with van der Waals surface area (Å²) in [7, 11) is 0. The van der Waals surface area contributed by atoms with Crippen LogP contribution in [0.15, 0.2) is 0 Å². The lowest BCUT2D eigenvalue weighted by Crippen LogP contribution is -2.31.